The molecule has 3 aliphatic heterocycles. The van der Waals surface area contributed by atoms with E-state index in [4.69, 9.17) is 23.8 Å². The number of phenolic OH excluding ortho intramolecular Hbond substituents is 1. The molecule has 2 unspecified atom stereocenters. The van der Waals surface area contributed by atoms with E-state index in [0.29, 0.717) is 18.0 Å². The van der Waals surface area contributed by atoms with Crippen molar-refractivity contribution in [3.8, 4) is 28.7 Å². The first kappa shape index (κ1) is 26.5. The summed E-state index contributed by atoms with van der Waals surface area (Å²) in [6.07, 6.45) is 3.76. The fourth-order valence-electron chi connectivity index (χ4n) is 5.33. The average Bonchev–Trinajstić information content (AvgIpc) is 3.40. The second-order valence-electron chi connectivity index (χ2n) is 10.4. The van der Waals surface area contributed by atoms with Crippen molar-refractivity contribution in [1.82, 2.24) is 4.90 Å². The van der Waals surface area contributed by atoms with Crippen LogP contribution in [0.25, 0.3) is 0 Å². The highest BCUT2D eigenvalue weighted by molar-refractivity contribution is 6.03. The molecule has 0 spiro atoms. The molecule has 39 heavy (non-hydrogen) atoms. The molecule has 2 atom stereocenters. The van der Waals surface area contributed by atoms with E-state index in [2.05, 4.69) is 5.16 Å². The van der Waals surface area contributed by atoms with Crippen LogP contribution in [0.15, 0.2) is 35.5 Å². The van der Waals surface area contributed by atoms with Crippen molar-refractivity contribution >= 4 is 23.7 Å². The molecular weight excluding hydrogens is 506 g/mol. The predicted octanol–water partition coefficient (Wildman–Crippen LogP) is 3.72. The quantitative estimate of drug-likeness (QED) is 0.561. The fourth-order valence-corrected chi connectivity index (χ4v) is 5.33. The summed E-state index contributed by atoms with van der Waals surface area (Å²) in [6, 6.07) is 8.13. The number of benzene rings is 2. The zero-order valence-electron chi connectivity index (χ0n) is 22.5. The minimum Gasteiger partial charge on any atom is -0.507 e. The number of amides is 1. The van der Waals surface area contributed by atoms with Gasteiger partial charge in [-0.15, -0.1) is 0 Å². The van der Waals surface area contributed by atoms with Crippen molar-refractivity contribution < 1.29 is 38.5 Å². The molecule has 0 radical (unpaired) electrons. The molecule has 0 bridgehead atoms. The molecule has 0 aliphatic carbocycles. The SMILES string of the molecule is COc1ccc(N2C=NOC2C2CCCCN2C(=O)COc2cc(O)c3c(c2)OC(C)(C)CC3=O)cc1OC. The van der Waals surface area contributed by atoms with Gasteiger partial charge in [0, 0.05) is 30.4 Å². The molecule has 208 valence electrons. The number of hydrogen-bond donors (Lipinski definition) is 1. The van der Waals surface area contributed by atoms with Gasteiger partial charge in [0.25, 0.3) is 5.91 Å². The summed E-state index contributed by atoms with van der Waals surface area (Å²) in [7, 11) is 3.15. The number of carbonyl (C=O) groups is 2. The van der Waals surface area contributed by atoms with Gasteiger partial charge in [0.05, 0.1) is 26.7 Å². The van der Waals surface area contributed by atoms with E-state index in [1.807, 2.05) is 17.0 Å². The van der Waals surface area contributed by atoms with E-state index in [-0.39, 0.29) is 53.6 Å². The van der Waals surface area contributed by atoms with Crippen molar-refractivity contribution in [1.29, 1.82) is 0 Å². The van der Waals surface area contributed by atoms with Crippen LogP contribution in [-0.4, -0.2) is 73.3 Å². The molecular formula is C28H33N3O8. The average molecular weight is 540 g/mol. The van der Waals surface area contributed by atoms with Crippen molar-refractivity contribution in [3.05, 3.63) is 35.9 Å². The summed E-state index contributed by atoms with van der Waals surface area (Å²) in [5.74, 6) is 1.01. The summed E-state index contributed by atoms with van der Waals surface area (Å²) in [5, 5.41) is 14.5. The summed E-state index contributed by atoms with van der Waals surface area (Å²) >= 11 is 0. The molecule has 11 heteroatoms. The van der Waals surface area contributed by atoms with Gasteiger partial charge in [-0.25, -0.2) is 0 Å². The van der Waals surface area contributed by atoms with Crippen LogP contribution in [0.5, 0.6) is 28.7 Å². The number of anilines is 1. The van der Waals surface area contributed by atoms with E-state index in [1.54, 1.807) is 51.4 Å². The molecule has 1 N–H and O–H groups in total. The lowest BCUT2D eigenvalue weighted by Crippen LogP contribution is -2.55. The lowest BCUT2D eigenvalue weighted by molar-refractivity contribution is -0.141. The lowest BCUT2D eigenvalue weighted by atomic mass is 9.92. The molecule has 11 nitrogen and oxygen atoms in total. The standard InChI is InChI=1S/C28H33N3O8/c1-28(2)14-21(33)26-20(32)12-18(13-24(26)38-28)37-15-25(34)30-10-6-5-7-19(30)27-31(16-29-39-27)17-8-9-22(35-3)23(11-17)36-4/h8-9,11-13,16,19,27,32H,5-7,10,14-15H2,1-4H3. The number of methoxy groups -OCH3 is 2. The molecule has 0 aromatic heterocycles. The smallest absolute Gasteiger partial charge is 0.260 e. The first-order chi connectivity index (χ1) is 18.7. The number of nitrogens with zero attached hydrogens (tertiary/aromatic N) is 3. The monoisotopic (exact) mass is 539 g/mol. The maximum atomic E-state index is 13.4. The van der Waals surface area contributed by atoms with Gasteiger partial charge in [0.1, 0.15) is 34.8 Å². The minimum atomic E-state index is -0.699. The number of fused-ring (bicyclic) bond motifs is 1. The van der Waals surface area contributed by atoms with Gasteiger partial charge in [0.15, 0.2) is 23.9 Å². The maximum absolute atomic E-state index is 13.4. The van der Waals surface area contributed by atoms with Gasteiger partial charge in [-0.2, -0.15) is 0 Å². The number of hydrogen-bond acceptors (Lipinski definition) is 10. The molecule has 3 heterocycles. The van der Waals surface area contributed by atoms with Crippen LogP contribution in [0.3, 0.4) is 0 Å². The first-order valence-corrected chi connectivity index (χ1v) is 12.9. The molecule has 3 aliphatic rings. The van der Waals surface area contributed by atoms with E-state index in [9.17, 15) is 14.7 Å². The summed E-state index contributed by atoms with van der Waals surface area (Å²) in [4.78, 5) is 35.3. The van der Waals surface area contributed by atoms with Crippen molar-refractivity contribution in [2.75, 3.05) is 32.3 Å². The van der Waals surface area contributed by atoms with Gasteiger partial charge in [-0.05, 0) is 45.2 Å². The van der Waals surface area contributed by atoms with Gasteiger partial charge in [-0.1, -0.05) is 5.16 Å². The van der Waals surface area contributed by atoms with Crippen LogP contribution < -0.4 is 23.8 Å². The lowest BCUT2D eigenvalue weighted by Gasteiger charge is -2.40. The van der Waals surface area contributed by atoms with Crippen LogP contribution in [0.4, 0.5) is 5.69 Å². The van der Waals surface area contributed by atoms with Gasteiger partial charge in [-0.3, -0.25) is 14.5 Å². The molecule has 1 fully saturated rings. The van der Waals surface area contributed by atoms with Crippen molar-refractivity contribution in [3.63, 3.8) is 0 Å². The number of piperidine rings is 1. The number of Topliss-reactive ketones (excluding diaryl/α,β-unsaturated/α-hetero) is 1. The molecule has 1 amide bonds. The fraction of sp³-hybridized carbons (Fsp3) is 0.464. The van der Waals surface area contributed by atoms with Crippen LogP contribution in [0.2, 0.25) is 0 Å². The number of ether oxygens (including phenoxy) is 4. The Hall–Kier alpha value is -4.15. The Kier molecular flexibility index (Phi) is 7.16. The Balaban J connectivity index is 1.31. The first-order valence-electron chi connectivity index (χ1n) is 12.9. The number of ketones is 1. The molecule has 0 saturated carbocycles. The van der Waals surface area contributed by atoms with E-state index < -0.39 is 11.8 Å². The highest BCUT2D eigenvalue weighted by Gasteiger charge is 2.40. The third-order valence-corrected chi connectivity index (χ3v) is 7.15. The van der Waals surface area contributed by atoms with Crippen LogP contribution >= 0.6 is 0 Å². The largest absolute Gasteiger partial charge is 0.507 e. The number of oxime groups is 1. The number of rotatable bonds is 7. The zero-order valence-corrected chi connectivity index (χ0v) is 22.5. The summed E-state index contributed by atoms with van der Waals surface area (Å²) in [5.41, 5.74) is 0.225. The highest BCUT2D eigenvalue weighted by atomic mass is 16.7. The van der Waals surface area contributed by atoms with Crippen LogP contribution in [0, 0.1) is 0 Å². The number of aromatic hydroxyl groups is 1. The predicted molar refractivity (Wildman–Crippen MR) is 142 cm³/mol. The Labute approximate surface area is 226 Å². The third-order valence-electron chi connectivity index (χ3n) is 7.15. The topological polar surface area (TPSA) is 119 Å². The van der Waals surface area contributed by atoms with Crippen LogP contribution in [0.1, 0.15) is 49.9 Å². The summed E-state index contributed by atoms with van der Waals surface area (Å²) < 4.78 is 22.5. The van der Waals surface area contributed by atoms with Gasteiger partial charge in [0.2, 0.25) is 6.23 Å². The Bertz CT molecular complexity index is 1290. The van der Waals surface area contributed by atoms with Crippen molar-refractivity contribution in [2.45, 2.75) is 57.4 Å². The number of carbonyl (C=O) groups excluding carboxylic acids is 2. The van der Waals surface area contributed by atoms with E-state index in [0.717, 1.165) is 24.9 Å². The van der Waals surface area contributed by atoms with Crippen molar-refractivity contribution in [2.24, 2.45) is 5.16 Å². The second-order valence-corrected chi connectivity index (χ2v) is 10.4. The normalized spacial score (nSPS) is 21.6. The van der Waals surface area contributed by atoms with Crippen LogP contribution in [-0.2, 0) is 9.63 Å². The van der Waals surface area contributed by atoms with Gasteiger partial charge >= 0.3 is 0 Å². The zero-order chi connectivity index (χ0) is 27.7. The highest BCUT2D eigenvalue weighted by Crippen LogP contribution is 2.41. The van der Waals surface area contributed by atoms with E-state index in [1.165, 1.54) is 6.07 Å². The second kappa shape index (κ2) is 10.5. The number of phenols is 1. The molecule has 2 aromatic carbocycles. The molecule has 5 rings (SSSR count). The Morgan fingerprint density at radius 2 is 1.95 bits per heavy atom. The Morgan fingerprint density at radius 1 is 1.15 bits per heavy atom. The van der Waals surface area contributed by atoms with E-state index >= 15 is 0 Å². The maximum Gasteiger partial charge on any atom is 0.260 e. The molecule has 2 aromatic rings. The summed E-state index contributed by atoms with van der Waals surface area (Å²) in [6.45, 7) is 3.90. The minimum absolute atomic E-state index is 0.137. The molecule has 1 saturated heterocycles. The number of likely N-dealkylation sites (tertiary alicyclic amines) is 1. The third kappa shape index (κ3) is 5.25. The van der Waals surface area contributed by atoms with Gasteiger partial charge < -0.3 is 33.8 Å². The Morgan fingerprint density at radius 3 is 2.72 bits per heavy atom.